The van der Waals surface area contributed by atoms with Crippen molar-refractivity contribution in [3.05, 3.63) is 53.7 Å². The number of halogens is 2. The number of hydrogen-bond acceptors (Lipinski definition) is 5. The Hall–Kier alpha value is -3.03. The first-order chi connectivity index (χ1) is 14.1. The van der Waals surface area contributed by atoms with Crippen molar-refractivity contribution in [3.8, 4) is 17.5 Å². The average Bonchev–Trinajstić information content (AvgIpc) is 3.14. The van der Waals surface area contributed by atoms with E-state index in [2.05, 4.69) is 11.2 Å². The Morgan fingerprint density at radius 3 is 2.50 bits per heavy atom. The van der Waals surface area contributed by atoms with Gasteiger partial charge in [-0.05, 0) is 30.5 Å². The van der Waals surface area contributed by atoms with Gasteiger partial charge in [0.05, 0.1) is 35.1 Å². The molecule has 7 nitrogen and oxygen atoms in total. The van der Waals surface area contributed by atoms with Crippen LogP contribution in [0, 0.1) is 23.0 Å². The fourth-order valence-corrected chi connectivity index (χ4v) is 4.73. The zero-order chi connectivity index (χ0) is 21.7. The minimum Gasteiger partial charge on any atom is -0.505 e. The van der Waals surface area contributed by atoms with Gasteiger partial charge in [-0.2, -0.15) is 14.8 Å². The number of piperidine rings is 1. The second-order valence-corrected chi connectivity index (χ2v) is 9.43. The topological polar surface area (TPSA) is 99.2 Å². The molecule has 10 heteroatoms. The summed E-state index contributed by atoms with van der Waals surface area (Å²) in [4.78, 5) is 0. The molecule has 2 aromatic carbocycles. The second kappa shape index (κ2) is 7.04. The number of sulfonamides is 1. The third-order valence-corrected chi connectivity index (χ3v) is 6.92. The minimum atomic E-state index is -3.31. The third-order valence-electron chi connectivity index (χ3n) is 5.62. The van der Waals surface area contributed by atoms with Crippen LogP contribution in [0.3, 0.4) is 0 Å². The van der Waals surface area contributed by atoms with Crippen molar-refractivity contribution in [1.29, 1.82) is 5.26 Å². The normalized spacial score (nSPS) is 17.1. The first-order valence-electron chi connectivity index (χ1n) is 9.18. The Morgan fingerprint density at radius 2 is 1.90 bits per heavy atom. The number of rotatable bonds is 3. The van der Waals surface area contributed by atoms with Crippen LogP contribution in [0.2, 0.25) is 0 Å². The predicted molar refractivity (Wildman–Crippen MR) is 106 cm³/mol. The molecule has 1 saturated heterocycles. The highest BCUT2D eigenvalue weighted by Crippen LogP contribution is 2.37. The maximum absolute atomic E-state index is 13.7. The average molecular weight is 432 g/mol. The summed E-state index contributed by atoms with van der Waals surface area (Å²) in [6.45, 7) is 0.523. The van der Waals surface area contributed by atoms with Gasteiger partial charge in [0, 0.05) is 30.6 Å². The van der Waals surface area contributed by atoms with Crippen LogP contribution in [0.5, 0.6) is 5.75 Å². The van der Waals surface area contributed by atoms with E-state index in [-0.39, 0.29) is 18.8 Å². The zero-order valence-electron chi connectivity index (χ0n) is 16.0. The minimum absolute atomic E-state index is 0.158. The summed E-state index contributed by atoms with van der Waals surface area (Å²) in [6.07, 6.45) is 3.43. The molecule has 3 aromatic rings. The molecule has 156 valence electrons. The SMILES string of the molecule is CS(=O)(=O)N1CCC(C#N)(c2ccc3c(cnn3-c3cc(O)c(F)c(F)c3)c2)CC1. The molecule has 0 bridgehead atoms. The molecule has 0 saturated carbocycles. The Labute approximate surface area is 171 Å². The molecule has 0 amide bonds. The van der Waals surface area contributed by atoms with E-state index in [1.54, 1.807) is 18.2 Å². The van der Waals surface area contributed by atoms with Gasteiger partial charge in [-0.15, -0.1) is 0 Å². The van der Waals surface area contributed by atoms with Gasteiger partial charge in [0.2, 0.25) is 10.0 Å². The Morgan fingerprint density at radius 1 is 1.20 bits per heavy atom. The van der Waals surface area contributed by atoms with Gasteiger partial charge in [-0.3, -0.25) is 0 Å². The van der Waals surface area contributed by atoms with Crippen LogP contribution in [-0.2, 0) is 15.4 Å². The molecule has 1 fully saturated rings. The van der Waals surface area contributed by atoms with Crippen LogP contribution in [0.4, 0.5) is 8.78 Å². The van der Waals surface area contributed by atoms with Crippen molar-refractivity contribution >= 4 is 20.9 Å². The van der Waals surface area contributed by atoms with Crippen molar-refractivity contribution in [2.45, 2.75) is 18.3 Å². The van der Waals surface area contributed by atoms with Gasteiger partial charge in [-0.1, -0.05) is 6.07 Å². The molecule has 1 aliphatic heterocycles. The molecule has 4 rings (SSSR count). The van der Waals surface area contributed by atoms with Crippen molar-refractivity contribution in [3.63, 3.8) is 0 Å². The second-order valence-electron chi connectivity index (χ2n) is 7.45. The van der Waals surface area contributed by atoms with E-state index in [0.717, 1.165) is 24.0 Å². The van der Waals surface area contributed by atoms with Crippen LogP contribution in [0.15, 0.2) is 36.5 Å². The molecule has 0 aliphatic carbocycles. The Balaban J connectivity index is 1.71. The quantitative estimate of drug-likeness (QED) is 0.686. The van der Waals surface area contributed by atoms with Crippen molar-refractivity contribution in [2.75, 3.05) is 19.3 Å². The lowest BCUT2D eigenvalue weighted by Crippen LogP contribution is -2.44. The molecule has 1 aromatic heterocycles. The standard InChI is InChI=1S/C20H18F2N4O3S/c1-30(28,29)25-6-4-20(12-23,5-7-25)14-2-3-17-13(8-14)11-24-26(17)15-9-16(21)19(22)18(27)10-15/h2-3,8-11,27H,4-7H2,1H3. The Bertz CT molecular complexity index is 1270. The molecule has 0 spiro atoms. The highest BCUT2D eigenvalue weighted by Gasteiger charge is 2.39. The van der Waals surface area contributed by atoms with Crippen molar-refractivity contribution < 1.29 is 22.3 Å². The highest BCUT2D eigenvalue weighted by molar-refractivity contribution is 7.88. The summed E-state index contributed by atoms with van der Waals surface area (Å²) in [5.41, 5.74) is 0.673. The molecule has 0 unspecified atom stereocenters. The first kappa shape index (κ1) is 20.3. The summed E-state index contributed by atoms with van der Waals surface area (Å²) in [5.74, 6) is -3.33. The first-order valence-corrected chi connectivity index (χ1v) is 11.0. The maximum atomic E-state index is 13.7. The number of fused-ring (bicyclic) bond motifs is 1. The van der Waals surface area contributed by atoms with Crippen LogP contribution in [0.25, 0.3) is 16.6 Å². The summed E-state index contributed by atoms with van der Waals surface area (Å²) in [5, 5.41) is 24.3. The smallest absolute Gasteiger partial charge is 0.211 e. The number of benzene rings is 2. The molecule has 1 N–H and O–H groups in total. The van der Waals surface area contributed by atoms with Crippen LogP contribution >= 0.6 is 0 Å². The summed E-state index contributed by atoms with van der Waals surface area (Å²) in [6, 6.07) is 9.66. The fourth-order valence-electron chi connectivity index (χ4n) is 3.88. The zero-order valence-corrected chi connectivity index (χ0v) is 16.8. The molecule has 1 aliphatic rings. The molecule has 0 radical (unpaired) electrons. The Kier molecular flexibility index (Phi) is 4.75. The van der Waals surface area contributed by atoms with Crippen molar-refractivity contribution in [1.82, 2.24) is 14.1 Å². The number of nitriles is 1. The number of hydrogen-bond donors (Lipinski definition) is 1. The van der Waals surface area contributed by atoms with E-state index in [0.29, 0.717) is 23.7 Å². The molecule has 30 heavy (non-hydrogen) atoms. The van der Waals surface area contributed by atoms with Gasteiger partial charge in [-0.25, -0.2) is 21.8 Å². The maximum Gasteiger partial charge on any atom is 0.211 e. The van der Waals surface area contributed by atoms with Gasteiger partial charge >= 0.3 is 0 Å². The summed E-state index contributed by atoms with van der Waals surface area (Å²) in [7, 11) is -3.31. The number of phenolic OH excluding ortho intramolecular Hbond substituents is 1. The monoisotopic (exact) mass is 432 g/mol. The molecular weight excluding hydrogens is 414 g/mol. The number of aromatic nitrogens is 2. The van der Waals surface area contributed by atoms with E-state index in [9.17, 15) is 27.6 Å². The van der Waals surface area contributed by atoms with Gasteiger partial charge in [0.1, 0.15) is 0 Å². The molecular formula is C20H18F2N4O3S. The van der Waals surface area contributed by atoms with E-state index in [1.807, 2.05) is 0 Å². The summed E-state index contributed by atoms with van der Waals surface area (Å²) < 4.78 is 53.3. The lowest BCUT2D eigenvalue weighted by molar-refractivity contribution is 0.279. The van der Waals surface area contributed by atoms with Crippen LogP contribution < -0.4 is 0 Å². The lowest BCUT2D eigenvalue weighted by Gasteiger charge is -2.36. The number of phenols is 1. The number of aromatic hydroxyl groups is 1. The van der Waals surface area contributed by atoms with E-state index in [4.69, 9.17) is 0 Å². The number of nitrogens with zero attached hydrogens (tertiary/aromatic N) is 4. The van der Waals surface area contributed by atoms with Gasteiger partial charge < -0.3 is 5.11 Å². The summed E-state index contributed by atoms with van der Waals surface area (Å²) >= 11 is 0. The lowest BCUT2D eigenvalue weighted by atomic mass is 9.74. The largest absolute Gasteiger partial charge is 0.505 e. The fraction of sp³-hybridized carbons (Fsp3) is 0.300. The molecule has 2 heterocycles. The van der Waals surface area contributed by atoms with Crippen molar-refractivity contribution in [2.24, 2.45) is 0 Å². The molecule has 0 atom stereocenters. The van der Waals surface area contributed by atoms with E-state index < -0.39 is 32.8 Å². The van der Waals surface area contributed by atoms with Crippen LogP contribution in [0.1, 0.15) is 18.4 Å². The van der Waals surface area contributed by atoms with E-state index >= 15 is 0 Å². The van der Waals surface area contributed by atoms with E-state index in [1.165, 1.54) is 15.2 Å². The van der Waals surface area contributed by atoms with Gasteiger partial charge in [0.25, 0.3) is 0 Å². The van der Waals surface area contributed by atoms with Gasteiger partial charge in [0.15, 0.2) is 17.4 Å². The van der Waals surface area contributed by atoms with Crippen LogP contribution in [-0.4, -0.2) is 47.0 Å². The predicted octanol–water partition coefficient (Wildman–Crippen LogP) is 2.83. The highest BCUT2D eigenvalue weighted by atomic mass is 32.2. The third kappa shape index (κ3) is 3.30.